The van der Waals surface area contributed by atoms with Crippen molar-refractivity contribution in [1.29, 1.82) is 5.41 Å². The molecule has 118 valence electrons. The highest BCUT2D eigenvalue weighted by atomic mass is 19.1. The molecule has 1 atom stereocenters. The summed E-state index contributed by atoms with van der Waals surface area (Å²) in [5.41, 5.74) is 9.87. The van der Waals surface area contributed by atoms with Crippen molar-refractivity contribution in [2.24, 2.45) is 11.1 Å². The Morgan fingerprint density at radius 3 is 2.59 bits per heavy atom. The molecule has 0 saturated carbocycles. The lowest BCUT2D eigenvalue weighted by atomic mass is 9.71. The number of nitrogens with one attached hydrogen (secondary N) is 2. The summed E-state index contributed by atoms with van der Waals surface area (Å²) in [6.45, 7) is 4.88. The van der Waals surface area contributed by atoms with E-state index in [9.17, 15) is 4.39 Å². The van der Waals surface area contributed by atoms with Gasteiger partial charge in [0, 0.05) is 29.6 Å². The van der Waals surface area contributed by atoms with Gasteiger partial charge >= 0.3 is 0 Å². The summed E-state index contributed by atoms with van der Waals surface area (Å²) >= 11 is 0. The molecule has 1 aliphatic rings. The van der Waals surface area contributed by atoms with Crippen LogP contribution in [0.4, 0.5) is 10.1 Å². The van der Waals surface area contributed by atoms with Crippen LogP contribution in [0.1, 0.15) is 33.1 Å². The van der Waals surface area contributed by atoms with Crippen LogP contribution in [0.5, 0.6) is 0 Å². The largest absolute Gasteiger partial charge is 0.355 e. The predicted molar refractivity (Wildman–Crippen MR) is 90.6 cm³/mol. The molecular formula is C18H24FN3. The van der Waals surface area contributed by atoms with Gasteiger partial charge in [-0.1, -0.05) is 25.8 Å². The van der Waals surface area contributed by atoms with Gasteiger partial charge in [-0.05, 0) is 48.8 Å². The Labute approximate surface area is 131 Å². The zero-order valence-electron chi connectivity index (χ0n) is 13.2. The molecule has 0 radical (unpaired) electrons. The smallest absolute Gasteiger partial charge is 0.123 e. The van der Waals surface area contributed by atoms with Gasteiger partial charge < -0.3 is 16.5 Å². The minimum Gasteiger partial charge on any atom is -0.355 e. The molecule has 2 rings (SSSR count). The highest BCUT2D eigenvalue weighted by Gasteiger charge is 2.32. The summed E-state index contributed by atoms with van der Waals surface area (Å²) in [6.07, 6.45) is 6.31. The van der Waals surface area contributed by atoms with Crippen molar-refractivity contribution < 1.29 is 4.39 Å². The maximum atomic E-state index is 13.0. The van der Waals surface area contributed by atoms with Gasteiger partial charge in [0.2, 0.25) is 0 Å². The number of rotatable bonds is 6. The molecular weight excluding hydrogens is 277 g/mol. The second-order valence-corrected chi connectivity index (χ2v) is 6.08. The van der Waals surface area contributed by atoms with E-state index in [1.165, 1.54) is 23.9 Å². The minimum absolute atomic E-state index is 0.0864. The Morgan fingerprint density at radius 2 is 2.05 bits per heavy atom. The van der Waals surface area contributed by atoms with Gasteiger partial charge in [-0.25, -0.2) is 4.39 Å². The van der Waals surface area contributed by atoms with Crippen LogP contribution in [0.15, 0.2) is 47.2 Å². The second-order valence-electron chi connectivity index (χ2n) is 6.08. The fraction of sp³-hybridized carbons (Fsp3) is 0.389. The lowest BCUT2D eigenvalue weighted by Gasteiger charge is -2.36. The average Bonchev–Trinajstić information content (AvgIpc) is 2.52. The molecule has 0 aliphatic heterocycles. The highest BCUT2D eigenvalue weighted by molar-refractivity contribution is 5.80. The molecule has 0 amide bonds. The van der Waals surface area contributed by atoms with Crippen LogP contribution in [0, 0.1) is 16.6 Å². The van der Waals surface area contributed by atoms with E-state index in [4.69, 9.17) is 11.1 Å². The Morgan fingerprint density at radius 1 is 1.36 bits per heavy atom. The molecule has 3 nitrogen and oxygen atoms in total. The normalized spacial score (nSPS) is 21.5. The van der Waals surface area contributed by atoms with Crippen LogP contribution in [-0.2, 0) is 0 Å². The van der Waals surface area contributed by atoms with Crippen LogP contribution in [0.3, 0.4) is 0 Å². The van der Waals surface area contributed by atoms with E-state index in [-0.39, 0.29) is 11.2 Å². The van der Waals surface area contributed by atoms with Gasteiger partial charge in [0.25, 0.3) is 0 Å². The quantitative estimate of drug-likeness (QED) is 0.688. The Bertz CT molecular complexity index is 601. The van der Waals surface area contributed by atoms with Gasteiger partial charge in [0.1, 0.15) is 5.82 Å². The third kappa shape index (κ3) is 3.45. The molecule has 0 bridgehead atoms. The molecule has 0 fully saturated rings. The first-order valence-electron chi connectivity index (χ1n) is 7.69. The molecule has 0 saturated heterocycles. The predicted octanol–water partition coefficient (Wildman–Crippen LogP) is 4.24. The van der Waals surface area contributed by atoms with Crippen LogP contribution < -0.4 is 11.1 Å². The van der Waals surface area contributed by atoms with Crippen molar-refractivity contribution in [1.82, 2.24) is 0 Å². The third-order valence-corrected chi connectivity index (χ3v) is 4.29. The van der Waals surface area contributed by atoms with Gasteiger partial charge in [0.15, 0.2) is 0 Å². The topological polar surface area (TPSA) is 61.9 Å². The van der Waals surface area contributed by atoms with E-state index in [1.54, 1.807) is 12.1 Å². The molecule has 22 heavy (non-hydrogen) atoms. The van der Waals surface area contributed by atoms with E-state index < -0.39 is 0 Å². The van der Waals surface area contributed by atoms with Crippen molar-refractivity contribution in [3.8, 4) is 0 Å². The lowest BCUT2D eigenvalue weighted by molar-refractivity contribution is 0.389. The maximum absolute atomic E-state index is 13.0. The number of benzene rings is 1. The van der Waals surface area contributed by atoms with Gasteiger partial charge in [-0.15, -0.1) is 0 Å². The van der Waals surface area contributed by atoms with Crippen molar-refractivity contribution in [3.63, 3.8) is 0 Å². The zero-order valence-corrected chi connectivity index (χ0v) is 13.2. The molecule has 1 aromatic rings. The fourth-order valence-corrected chi connectivity index (χ4v) is 2.85. The van der Waals surface area contributed by atoms with Crippen LogP contribution >= 0.6 is 0 Å². The Hall–Kier alpha value is -1.94. The summed E-state index contributed by atoms with van der Waals surface area (Å²) in [5, 5.41) is 11.0. The Kier molecular flexibility index (Phi) is 5.14. The minimum atomic E-state index is -0.256. The first-order chi connectivity index (χ1) is 10.5. The van der Waals surface area contributed by atoms with Gasteiger partial charge in [0.05, 0.1) is 0 Å². The molecule has 1 unspecified atom stereocenters. The van der Waals surface area contributed by atoms with E-state index in [2.05, 4.69) is 25.2 Å². The molecule has 4 heteroatoms. The summed E-state index contributed by atoms with van der Waals surface area (Å²) < 4.78 is 13.0. The van der Waals surface area contributed by atoms with Crippen LogP contribution in [0.2, 0.25) is 0 Å². The molecule has 0 spiro atoms. The number of hydrogen-bond donors (Lipinski definition) is 3. The van der Waals surface area contributed by atoms with E-state index in [0.29, 0.717) is 6.54 Å². The van der Waals surface area contributed by atoms with Gasteiger partial charge in [-0.2, -0.15) is 0 Å². The first-order valence-corrected chi connectivity index (χ1v) is 7.69. The average molecular weight is 301 g/mol. The molecule has 1 aromatic carbocycles. The SMILES string of the molecule is CCCC1=CC(Nc2ccc(F)cc2)=C(C=N)CC1(C)CN. The number of halogens is 1. The van der Waals surface area contributed by atoms with E-state index in [1.807, 2.05) is 0 Å². The highest BCUT2D eigenvalue weighted by Crippen LogP contribution is 2.40. The molecule has 4 N–H and O–H groups in total. The Balaban J connectivity index is 2.34. The second kappa shape index (κ2) is 6.88. The zero-order chi connectivity index (χ0) is 16.2. The maximum Gasteiger partial charge on any atom is 0.123 e. The molecule has 1 aliphatic carbocycles. The van der Waals surface area contributed by atoms with Crippen molar-refractivity contribution in [3.05, 3.63) is 53.0 Å². The van der Waals surface area contributed by atoms with Crippen molar-refractivity contribution in [2.75, 3.05) is 11.9 Å². The number of nitrogens with two attached hydrogens (primary N) is 1. The summed E-state index contributed by atoms with van der Waals surface area (Å²) in [7, 11) is 0. The summed E-state index contributed by atoms with van der Waals surface area (Å²) in [4.78, 5) is 0. The van der Waals surface area contributed by atoms with Gasteiger partial charge in [-0.3, -0.25) is 0 Å². The number of hydrogen-bond acceptors (Lipinski definition) is 3. The monoisotopic (exact) mass is 301 g/mol. The third-order valence-electron chi connectivity index (χ3n) is 4.29. The van der Waals surface area contributed by atoms with E-state index >= 15 is 0 Å². The number of allylic oxidation sites excluding steroid dienone is 2. The van der Waals surface area contributed by atoms with E-state index in [0.717, 1.165) is 36.2 Å². The first kappa shape index (κ1) is 16.4. The molecule has 0 aromatic heterocycles. The van der Waals surface area contributed by atoms with Crippen LogP contribution in [-0.4, -0.2) is 12.8 Å². The van der Waals surface area contributed by atoms with Crippen molar-refractivity contribution in [2.45, 2.75) is 33.1 Å². The lowest BCUT2D eigenvalue weighted by Crippen LogP contribution is -2.33. The fourth-order valence-electron chi connectivity index (χ4n) is 2.85. The summed E-state index contributed by atoms with van der Waals surface area (Å²) in [5.74, 6) is -0.256. The molecule has 0 heterocycles. The van der Waals surface area contributed by atoms with Crippen molar-refractivity contribution >= 4 is 11.9 Å². The number of anilines is 1. The van der Waals surface area contributed by atoms with Crippen LogP contribution in [0.25, 0.3) is 0 Å². The summed E-state index contributed by atoms with van der Waals surface area (Å²) in [6, 6.07) is 6.26. The standard InChI is InChI=1S/C18H24FN3/c1-3-4-14-9-17(13(11-20)10-18(14,2)12-21)22-16-7-5-15(19)6-8-16/h5-9,11,20,22H,3-4,10,12,21H2,1-2H3.